The predicted molar refractivity (Wildman–Crippen MR) is 70.5 cm³/mol. The van der Waals surface area contributed by atoms with Crippen LogP contribution in [-0.2, 0) is 6.42 Å². The number of nitrogens with two attached hydrogens (primary N) is 1. The van der Waals surface area contributed by atoms with Crippen LogP contribution in [0.3, 0.4) is 0 Å². The predicted octanol–water partition coefficient (Wildman–Crippen LogP) is 2.64. The molecule has 1 aromatic carbocycles. The van der Waals surface area contributed by atoms with E-state index in [2.05, 4.69) is 12.1 Å². The maximum Gasteiger partial charge on any atom is 0.166 e. The highest BCUT2D eigenvalue weighted by Crippen LogP contribution is 2.33. The first-order valence-corrected chi connectivity index (χ1v) is 7.28. The highest BCUT2D eigenvalue weighted by molar-refractivity contribution is 7.99. The van der Waals surface area contributed by atoms with Gasteiger partial charge in [-0.15, -0.1) is 11.8 Å². The van der Waals surface area contributed by atoms with Gasteiger partial charge in [0, 0.05) is 22.4 Å². The molecule has 1 aromatic rings. The molecular formula is C14H17NOS. The van der Waals surface area contributed by atoms with Gasteiger partial charge >= 0.3 is 0 Å². The molecule has 90 valence electrons. The third-order valence-electron chi connectivity index (χ3n) is 3.74. The Labute approximate surface area is 106 Å². The lowest BCUT2D eigenvalue weighted by Crippen LogP contribution is -2.40. The van der Waals surface area contributed by atoms with E-state index in [0.29, 0.717) is 5.78 Å². The molecule has 0 unspecified atom stereocenters. The summed E-state index contributed by atoms with van der Waals surface area (Å²) in [6.45, 7) is 0. The van der Waals surface area contributed by atoms with Gasteiger partial charge in [0.25, 0.3) is 0 Å². The number of Topliss-reactive ketones (excluding diaryl/α,β-unsaturated/α-hetero) is 1. The van der Waals surface area contributed by atoms with E-state index in [1.165, 1.54) is 22.6 Å². The number of ketones is 1. The highest BCUT2D eigenvalue weighted by atomic mass is 32.2. The van der Waals surface area contributed by atoms with Crippen LogP contribution in [0.15, 0.2) is 23.1 Å². The largest absolute Gasteiger partial charge is 0.328 e. The van der Waals surface area contributed by atoms with E-state index in [-0.39, 0.29) is 12.0 Å². The maximum absolute atomic E-state index is 12.2. The van der Waals surface area contributed by atoms with Crippen LogP contribution in [-0.4, -0.2) is 17.6 Å². The molecule has 17 heavy (non-hydrogen) atoms. The number of carbonyl (C=O) groups is 1. The normalized spacial score (nSPS) is 27.1. The molecule has 0 aromatic heterocycles. The van der Waals surface area contributed by atoms with Gasteiger partial charge in [-0.2, -0.15) is 0 Å². The van der Waals surface area contributed by atoms with Crippen LogP contribution in [0.2, 0.25) is 0 Å². The standard InChI is InChI=1S/C14H17NOS/c15-12-7-11(8-12)14(16)10-3-4-13-9(6-10)2-1-5-17-13/h3-4,6,11-12H,1-2,5,7-8,15H2. The molecule has 1 fully saturated rings. The van der Waals surface area contributed by atoms with Crippen molar-refractivity contribution in [1.82, 2.24) is 0 Å². The van der Waals surface area contributed by atoms with Gasteiger partial charge in [-0.3, -0.25) is 4.79 Å². The Kier molecular flexibility index (Phi) is 2.97. The minimum Gasteiger partial charge on any atom is -0.328 e. The summed E-state index contributed by atoms with van der Waals surface area (Å²) in [5.41, 5.74) is 7.99. The summed E-state index contributed by atoms with van der Waals surface area (Å²) in [5, 5.41) is 0. The lowest BCUT2D eigenvalue weighted by atomic mass is 9.76. The van der Waals surface area contributed by atoms with Crippen LogP contribution in [0.5, 0.6) is 0 Å². The van der Waals surface area contributed by atoms with Crippen molar-refractivity contribution in [2.45, 2.75) is 36.6 Å². The van der Waals surface area contributed by atoms with Crippen molar-refractivity contribution in [3.8, 4) is 0 Å². The number of fused-ring (bicyclic) bond motifs is 1. The number of rotatable bonds is 2. The van der Waals surface area contributed by atoms with Gasteiger partial charge < -0.3 is 5.73 Å². The zero-order chi connectivity index (χ0) is 11.8. The SMILES string of the molecule is NC1CC(C(=O)c2ccc3c(c2)CCCS3)C1. The highest BCUT2D eigenvalue weighted by Gasteiger charge is 2.32. The number of hydrogen-bond acceptors (Lipinski definition) is 3. The summed E-state index contributed by atoms with van der Waals surface area (Å²) in [7, 11) is 0. The molecule has 0 saturated heterocycles. The van der Waals surface area contributed by atoms with Gasteiger partial charge in [-0.25, -0.2) is 0 Å². The Balaban J connectivity index is 1.81. The van der Waals surface area contributed by atoms with Crippen LogP contribution >= 0.6 is 11.8 Å². The van der Waals surface area contributed by atoms with Gasteiger partial charge in [0.05, 0.1) is 0 Å². The molecule has 1 saturated carbocycles. The molecule has 2 nitrogen and oxygen atoms in total. The summed E-state index contributed by atoms with van der Waals surface area (Å²) in [4.78, 5) is 13.6. The molecule has 0 bridgehead atoms. The molecule has 3 heteroatoms. The fraction of sp³-hybridized carbons (Fsp3) is 0.500. The number of aryl methyl sites for hydroxylation is 1. The average molecular weight is 247 g/mol. The van der Waals surface area contributed by atoms with E-state index in [9.17, 15) is 4.79 Å². The second kappa shape index (κ2) is 4.46. The van der Waals surface area contributed by atoms with Crippen molar-refractivity contribution >= 4 is 17.5 Å². The molecule has 0 amide bonds. The van der Waals surface area contributed by atoms with Crippen molar-refractivity contribution in [3.05, 3.63) is 29.3 Å². The van der Waals surface area contributed by atoms with Gasteiger partial charge in [0.1, 0.15) is 0 Å². The van der Waals surface area contributed by atoms with Crippen molar-refractivity contribution in [3.63, 3.8) is 0 Å². The molecule has 0 radical (unpaired) electrons. The molecular weight excluding hydrogens is 230 g/mol. The molecule has 2 aliphatic rings. The third kappa shape index (κ3) is 2.14. The molecule has 0 spiro atoms. The lowest BCUT2D eigenvalue weighted by molar-refractivity contribution is 0.0832. The molecule has 0 atom stereocenters. The second-order valence-electron chi connectivity index (χ2n) is 5.07. The molecule has 2 N–H and O–H groups in total. The van der Waals surface area contributed by atoms with Crippen LogP contribution in [0.4, 0.5) is 0 Å². The Hall–Kier alpha value is -0.800. The fourth-order valence-corrected chi connectivity index (χ4v) is 3.64. The molecule has 1 aliphatic heterocycles. The minimum absolute atomic E-state index is 0.180. The van der Waals surface area contributed by atoms with Crippen molar-refractivity contribution in [2.24, 2.45) is 11.7 Å². The van der Waals surface area contributed by atoms with E-state index >= 15 is 0 Å². The lowest BCUT2D eigenvalue weighted by Gasteiger charge is -2.31. The van der Waals surface area contributed by atoms with E-state index in [1.807, 2.05) is 17.8 Å². The first kappa shape index (κ1) is 11.3. The quantitative estimate of drug-likeness (QED) is 0.817. The minimum atomic E-state index is 0.180. The van der Waals surface area contributed by atoms with E-state index in [0.717, 1.165) is 24.8 Å². The summed E-state index contributed by atoms with van der Waals surface area (Å²) in [5.74, 6) is 1.68. The van der Waals surface area contributed by atoms with E-state index in [4.69, 9.17) is 5.73 Å². The summed E-state index contributed by atoms with van der Waals surface area (Å²) in [6.07, 6.45) is 4.08. The van der Waals surface area contributed by atoms with Crippen molar-refractivity contribution < 1.29 is 4.79 Å². The van der Waals surface area contributed by atoms with Crippen molar-refractivity contribution in [1.29, 1.82) is 0 Å². The van der Waals surface area contributed by atoms with Crippen LogP contribution in [0.1, 0.15) is 35.2 Å². The zero-order valence-corrected chi connectivity index (χ0v) is 10.6. The fourth-order valence-electron chi connectivity index (χ4n) is 2.63. The summed E-state index contributed by atoms with van der Waals surface area (Å²) >= 11 is 1.91. The first-order valence-electron chi connectivity index (χ1n) is 6.29. The maximum atomic E-state index is 12.2. The third-order valence-corrected chi connectivity index (χ3v) is 4.94. The van der Waals surface area contributed by atoms with Crippen LogP contribution in [0, 0.1) is 5.92 Å². The summed E-state index contributed by atoms with van der Waals surface area (Å²) < 4.78 is 0. The number of carbonyl (C=O) groups excluding carboxylic acids is 1. The Bertz CT molecular complexity index is 452. The van der Waals surface area contributed by atoms with Gasteiger partial charge in [0.2, 0.25) is 0 Å². The Morgan fingerprint density at radius 2 is 2.18 bits per heavy atom. The van der Waals surface area contributed by atoms with Crippen LogP contribution < -0.4 is 5.73 Å². The first-order chi connectivity index (χ1) is 8.24. The monoisotopic (exact) mass is 247 g/mol. The average Bonchev–Trinajstić information content (AvgIpc) is 2.33. The number of benzene rings is 1. The van der Waals surface area contributed by atoms with Crippen molar-refractivity contribution in [2.75, 3.05) is 5.75 Å². The Morgan fingerprint density at radius 3 is 2.94 bits per heavy atom. The Morgan fingerprint density at radius 1 is 1.35 bits per heavy atom. The zero-order valence-electron chi connectivity index (χ0n) is 9.82. The smallest absolute Gasteiger partial charge is 0.166 e. The second-order valence-corrected chi connectivity index (χ2v) is 6.20. The van der Waals surface area contributed by atoms with Gasteiger partial charge in [-0.1, -0.05) is 6.07 Å². The molecule has 1 aliphatic carbocycles. The topological polar surface area (TPSA) is 43.1 Å². The van der Waals surface area contributed by atoms with Gasteiger partial charge in [0.15, 0.2) is 5.78 Å². The van der Waals surface area contributed by atoms with E-state index < -0.39 is 0 Å². The summed E-state index contributed by atoms with van der Waals surface area (Å²) in [6, 6.07) is 6.46. The number of thioether (sulfide) groups is 1. The number of hydrogen-bond donors (Lipinski definition) is 1. The van der Waals surface area contributed by atoms with E-state index in [1.54, 1.807) is 0 Å². The van der Waals surface area contributed by atoms with Gasteiger partial charge in [-0.05, 0) is 49.1 Å². The molecule has 3 rings (SSSR count). The van der Waals surface area contributed by atoms with Crippen LogP contribution in [0.25, 0.3) is 0 Å². The molecule has 1 heterocycles.